The molecule has 0 radical (unpaired) electrons. The van der Waals surface area contributed by atoms with Crippen LogP contribution >= 0.6 is 0 Å². The topological polar surface area (TPSA) is 105 Å². The zero-order valence-electron chi connectivity index (χ0n) is 18.8. The Morgan fingerprint density at radius 1 is 1.03 bits per heavy atom. The lowest BCUT2D eigenvalue weighted by Crippen LogP contribution is -2.53. The molecule has 1 saturated carbocycles. The number of carboxylic acid groups (broad SMARTS) is 1. The van der Waals surface area contributed by atoms with Gasteiger partial charge in [0.25, 0.3) is 0 Å². The number of fused-ring (bicyclic) bond motifs is 3. The zero-order chi connectivity index (χ0) is 23.4. The molecule has 0 saturated heterocycles. The summed E-state index contributed by atoms with van der Waals surface area (Å²) in [6, 6.07) is 15.6. The predicted octanol–water partition coefficient (Wildman–Crippen LogP) is 4.06. The van der Waals surface area contributed by atoms with Gasteiger partial charge in [-0.15, -0.1) is 0 Å². The first kappa shape index (κ1) is 22.8. The molecule has 174 valence electrons. The summed E-state index contributed by atoms with van der Waals surface area (Å²) in [5.74, 6) is -0.995. The summed E-state index contributed by atoms with van der Waals surface area (Å²) in [4.78, 5) is 36.1. The number of carboxylic acids is 1. The van der Waals surface area contributed by atoms with Crippen molar-refractivity contribution in [3.63, 3.8) is 0 Å². The van der Waals surface area contributed by atoms with Gasteiger partial charge in [0, 0.05) is 18.4 Å². The Balaban J connectivity index is 1.32. The number of amides is 2. The molecule has 0 aromatic heterocycles. The van der Waals surface area contributed by atoms with Crippen molar-refractivity contribution < 1.29 is 24.2 Å². The van der Waals surface area contributed by atoms with Gasteiger partial charge in [0.05, 0.1) is 0 Å². The van der Waals surface area contributed by atoms with Gasteiger partial charge in [0.1, 0.15) is 12.6 Å². The number of carbonyl (C=O) groups excluding carboxylic acids is 2. The van der Waals surface area contributed by atoms with Crippen LogP contribution < -0.4 is 10.6 Å². The summed E-state index contributed by atoms with van der Waals surface area (Å²) in [6.45, 7) is 2.14. The molecule has 0 heterocycles. The standard InChI is InChI=1S/C26H30N2O5/c1-2-7-23(25(31)27-17-12-16(13-17)14-24(29)30)28-26(32)33-15-22-20-10-5-3-8-18(20)19-9-4-6-11-21(19)22/h3-6,8-11,16-17,22-23H,2,7,12-15H2,1H3,(H,27,31)(H,28,32)(H,29,30). The molecule has 1 atom stereocenters. The first-order valence-corrected chi connectivity index (χ1v) is 11.6. The van der Waals surface area contributed by atoms with Crippen LogP contribution in [-0.4, -0.2) is 41.8 Å². The highest BCUT2D eigenvalue weighted by molar-refractivity contribution is 5.86. The Labute approximate surface area is 193 Å². The second-order valence-electron chi connectivity index (χ2n) is 8.95. The highest BCUT2D eigenvalue weighted by Crippen LogP contribution is 2.44. The van der Waals surface area contributed by atoms with Gasteiger partial charge in [-0.1, -0.05) is 61.9 Å². The molecule has 4 rings (SSSR count). The molecule has 1 fully saturated rings. The number of benzene rings is 2. The van der Waals surface area contributed by atoms with Crippen molar-refractivity contribution in [3.8, 4) is 11.1 Å². The minimum Gasteiger partial charge on any atom is -0.481 e. The molecule has 2 aliphatic rings. The van der Waals surface area contributed by atoms with Crippen molar-refractivity contribution in [1.29, 1.82) is 0 Å². The largest absolute Gasteiger partial charge is 0.481 e. The van der Waals surface area contributed by atoms with Gasteiger partial charge in [0.15, 0.2) is 0 Å². The molecule has 33 heavy (non-hydrogen) atoms. The molecular weight excluding hydrogens is 420 g/mol. The van der Waals surface area contributed by atoms with Crippen molar-refractivity contribution >= 4 is 18.0 Å². The molecule has 7 nitrogen and oxygen atoms in total. The number of carbonyl (C=O) groups is 3. The fourth-order valence-corrected chi connectivity index (χ4v) is 4.91. The van der Waals surface area contributed by atoms with E-state index in [1.807, 2.05) is 31.2 Å². The van der Waals surface area contributed by atoms with Crippen LogP contribution in [-0.2, 0) is 14.3 Å². The van der Waals surface area contributed by atoms with Crippen molar-refractivity contribution in [2.45, 2.75) is 57.0 Å². The minimum absolute atomic E-state index is 0.0366. The lowest BCUT2D eigenvalue weighted by Gasteiger charge is -2.35. The summed E-state index contributed by atoms with van der Waals surface area (Å²) in [5, 5.41) is 14.5. The lowest BCUT2D eigenvalue weighted by molar-refractivity contribution is -0.139. The second-order valence-corrected chi connectivity index (χ2v) is 8.95. The molecule has 0 spiro atoms. The fraction of sp³-hybridized carbons (Fsp3) is 0.423. The van der Waals surface area contributed by atoms with Gasteiger partial charge in [0.2, 0.25) is 5.91 Å². The third-order valence-corrected chi connectivity index (χ3v) is 6.57. The van der Waals surface area contributed by atoms with Gasteiger partial charge < -0.3 is 20.5 Å². The molecule has 3 N–H and O–H groups in total. The Morgan fingerprint density at radius 3 is 2.21 bits per heavy atom. The molecule has 2 aromatic carbocycles. The molecule has 0 aliphatic heterocycles. The van der Waals surface area contributed by atoms with E-state index in [0.29, 0.717) is 19.3 Å². The molecule has 2 amide bonds. The number of hydrogen-bond donors (Lipinski definition) is 3. The maximum absolute atomic E-state index is 12.7. The smallest absolute Gasteiger partial charge is 0.407 e. The maximum atomic E-state index is 12.7. The average molecular weight is 451 g/mol. The van der Waals surface area contributed by atoms with Crippen molar-refractivity contribution in [2.24, 2.45) is 5.92 Å². The fourth-order valence-electron chi connectivity index (χ4n) is 4.91. The third-order valence-electron chi connectivity index (χ3n) is 6.57. The van der Waals surface area contributed by atoms with Gasteiger partial charge in [-0.3, -0.25) is 9.59 Å². The summed E-state index contributed by atoms with van der Waals surface area (Å²) in [6.07, 6.45) is 2.06. The van der Waals surface area contributed by atoms with Crippen LogP contribution in [0.3, 0.4) is 0 Å². The molecule has 1 unspecified atom stereocenters. The summed E-state index contributed by atoms with van der Waals surface area (Å²) >= 11 is 0. The number of hydrogen-bond acceptors (Lipinski definition) is 4. The van der Waals surface area contributed by atoms with E-state index in [9.17, 15) is 14.4 Å². The summed E-state index contributed by atoms with van der Waals surface area (Å²) in [5.41, 5.74) is 4.59. The predicted molar refractivity (Wildman–Crippen MR) is 124 cm³/mol. The van der Waals surface area contributed by atoms with Crippen molar-refractivity contribution in [1.82, 2.24) is 10.6 Å². The van der Waals surface area contributed by atoms with E-state index in [4.69, 9.17) is 9.84 Å². The van der Waals surface area contributed by atoms with Crippen LogP contribution in [0.4, 0.5) is 4.79 Å². The van der Waals surface area contributed by atoms with Crippen molar-refractivity contribution in [2.75, 3.05) is 6.61 Å². The highest BCUT2D eigenvalue weighted by Gasteiger charge is 2.34. The van der Waals surface area contributed by atoms with Gasteiger partial charge in [-0.25, -0.2) is 4.79 Å². The molecule has 2 aromatic rings. The molecule has 7 heteroatoms. The first-order valence-electron chi connectivity index (χ1n) is 11.6. The van der Waals surface area contributed by atoms with Crippen LogP contribution in [0.25, 0.3) is 11.1 Å². The summed E-state index contributed by atoms with van der Waals surface area (Å²) < 4.78 is 5.58. The van der Waals surface area contributed by atoms with Crippen LogP contribution in [0.15, 0.2) is 48.5 Å². The Kier molecular flexibility index (Phi) is 6.96. The van der Waals surface area contributed by atoms with Gasteiger partial charge in [-0.2, -0.15) is 0 Å². The van der Waals surface area contributed by atoms with E-state index >= 15 is 0 Å². The highest BCUT2D eigenvalue weighted by atomic mass is 16.5. The van der Waals surface area contributed by atoms with E-state index in [0.717, 1.165) is 28.7 Å². The van der Waals surface area contributed by atoms with E-state index in [-0.39, 0.29) is 36.8 Å². The number of rotatable bonds is 9. The zero-order valence-corrected chi connectivity index (χ0v) is 18.8. The van der Waals surface area contributed by atoms with Crippen LogP contribution in [0, 0.1) is 5.92 Å². The average Bonchev–Trinajstić information content (AvgIpc) is 3.09. The Morgan fingerprint density at radius 2 is 1.64 bits per heavy atom. The molecular formula is C26H30N2O5. The summed E-state index contributed by atoms with van der Waals surface area (Å²) in [7, 11) is 0. The van der Waals surface area contributed by atoms with E-state index < -0.39 is 18.1 Å². The van der Waals surface area contributed by atoms with E-state index in [1.54, 1.807) is 0 Å². The van der Waals surface area contributed by atoms with Crippen molar-refractivity contribution in [3.05, 3.63) is 59.7 Å². The van der Waals surface area contributed by atoms with Crippen LogP contribution in [0.5, 0.6) is 0 Å². The number of ether oxygens (including phenoxy) is 1. The second kappa shape index (κ2) is 10.1. The van der Waals surface area contributed by atoms with E-state index in [2.05, 4.69) is 34.9 Å². The normalized spacial score (nSPS) is 19.5. The number of alkyl carbamates (subject to hydrolysis) is 1. The maximum Gasteiger partial charge on any atom is 0.407 e. The third kappa shape index (κ3) is 5.18. The lowest BCUT2D eigenvalue weighted by atomic mass is 9.78. The first-order chi connectivity index (χ1) is 16.0. The SMILES string of the molecule is CCCC(NC(=O)OCC1c2ccccc2-c2ccccc21)C(=O)NC1CC(CC(=O)O)C1. The van der Waals surface area contributed by atoms with Gasteiger partial charge in [-0.05, 0) is 47.4 Å². The van der Waals surface area contributed by atoms with Gasteiger partial charge >= 0.3 is 12.1 Å². The molecule has 2 aliphatic carbocycles. The molecule has 0 bridgehead atoms. The Bertz CT molecular complexity index is 985. The number of nitrogens with one attached hydrogen (secondary N) is 2. The minimum atomic E-state index is -0.814. The van der Waals surface area contributed by atoms with E-state index in [1.165, 1.54) is 0 Å². The number of aliphatic carboxylic acids is 1. The Hall–Kier alpha value is -3.35. The quantitative estimate of drug-likeness (QED) is 0.534. The van der Waals surface area contributed by atoms with Crippen LogP contribution in [0.2, 0.25) is 0 Å². The monoisotopic (exact) mass is 450 g/mol. The van der Waals surface area contributed by atoms with Crippen LogP contribution in [0.1, 0.15) is 56.1 Å².